The van der Waals surface area contributed by atoms with E-state index in [1.54, 1.807) is 7.11 Å². The Hall–Kier alpha value is -1.55. The van der Waals surface area contributed by atoms with Gasteiger partial charge in [0, 0.05) is 30.2 Å². The summed E-state index contributed by atoms with van der Waals surface area (Å²) in [6, 6.07) is 7.62. The van der Waals surface area contributed by atoms with E-state index in [4.69, 9.17) is 4.74 Å². The molecule has 1 saturated heterocycles. The molecular weight excluding hydrogens is 264 g/mol. The SMILES string of the molecule is COc1cccc(C(=O)N2CC(C)(C)NCC2C(C)C)c1. The summed E-state index contributed by atoms with van der Waals surface area (Å²) < 4.78 is 5.22. The maximum atomic E-state index is 12.9. The highest BCUT2D eigenvalue weighted by molar-refractivity contribution is 5.95. The van der Waals surface area contributed by atoms with Crippen molar-refractivity contribution in [3.8, 4) is 5.75 Å². The number of amides is 1. The summed E-state index contributed by atoms with van der Waals surface area (Å²) in [5.41, 5.74) is 0.637. The third kappa shape index (κ3) is 3.56. The Labute approximate surface area is 127 Å². The highest BCUT2D eigenvalue weighted by atomic mass is 16.5. The molecule has 2 rings (SSSR count). The summed E-state index contributed by atoms with van der Waals surface area (Å²) in [6.45, 7) is 10.1. The van der Waals surface area contributed by atoms with Crippen molar-refractivity contribution in [3.63, 3.8) is 0 Å². The average Bonchev–Trinajstić information content (AvgIpc) is 2.45. The van der Waals surface area contributed by atoms with E-state index in [0.717, 1.165) is 12.3 Å². The number of benzene rings is 1. The Morgan fingerprint density at radius 1 is 1.43 bits per heavy atom. The van der Waals surface area contributed by atoms with E-state index in [0.29, 0.717) is 18.0 Å². The van der Waals surface area contributed by atoms with Gasteiger partial charge in [-0.05, 0) is 38.0 Å². The first-order valence-corrected chi connectivity index (χ1v) is 7.54. The molecule has 1 atom stereocenters. The fraction of sp³-hybridized carbons (Fsp3) is 0.588. The molecule has 1 fully saturated rings. The first kappa shape index (κ1) is 15.8. The average molecular weight is 290 g/mol. The van der Waals surface area contributed by atoms with Crippen molar-refractivity contribution in [2.24, 2.45) is 5.92 Å². The van der Waals surface area contributed by atoms with E-state index >= 15 is 0 Å². The molecule has 4 heteroatoms. The molecule has 1 aliphatic rings. The number of methoxy groups -OCH3 is 1. The molecule has 0 radical (unpaired) electrons. The Kier molecular flexibility index (Phi) is 4.57. The molecule has 1 aliphatic heterocycles. The predicted molar refractivity (Wildman–Crippen MR) is 84.7 cm³/mol. The van der Waals surface area contributed by atoms with Crippen LogP contribution >= 0.6 is 0 Å². The maximum Gasteiger partial charge on any atom is 0.254 e. The van der Waals surface area contributed by atoms with Crippen LogP contribution in [0.5, 0.6) is 5.75 Å². The topological polar surface area (TPSA) is 41.6 Å². The minimum absolute atomic E-state index is 0.0556. The quantitative estimate of drug-likeness (QED) is 0.930. The molecular formula is C17H26N2O2. The van der Waals surface area contributed by atoms with E-state index in [1.165, 1.54) is 0 Å². The van der Waals surface area contributed by atoms with Gasteiger partial charge < -0.3 is 15.0 Å². The highest BCUT2D eigenvalue weighted by Gasteiger charge is 2.36. The summed E-state index contributed by atoms with van der Waals surface area (Å²) in [5, 5.41) is 3.53. The third-order valence-electron chi connectivity index (χ3n) is 4.10. The second-order valence-electron chi connectivity index (χ2n) is 6.74. The molecule has 1 heterocycles. The monoisotopic (exact) mass is 290 g/mol. The number of hydrogen-bond acceptors (Lipinski definition) is 3. The Morgan fingerprint density at radius 3 is 2.76 bits per heavy atom. The normalized spacial score (nSPS) is 21.4. The minimum atomic E-state index is -0.0556. The molecule has 0 bridgehead atoms. The fourth-order valence-electron chi connectivity index (χ4n) is 2.83. The van der Waals surface area contributed by atoms with Gasteiger partial charge in [0.15, 0.2) is 0 Å². The van der Waals surface area contributed by atoms with Crippen LogP contribution in [0.4, 0.5) is 0 Å². The van der Waals surface area contributed by atoms with Crippen LogP contribution in [0.25, 0.3) is 0 Å². The molecule has 0 aromatic heterocycles. The third-order valence-corrected chi connectivity index (χ3v) is 4.10. The van der Waals surface area contributed by atoms with E-state index in [2.05, 4.69) is 33.0 Å². The van der Waals surface area contributed by atoms with Gasteiger partial charge in [-0.15, -0.1) is 0 Å². The summed E-state index contributed by atoms with van der Waals surface area (Å²) >= 11 is 0. The second kappa shape index (κ2) is 6.06. The van der Waals surface area contributed by atoms with Crippen molar-refractivity contribution >= 4 is 5.91 Å². The molecule has 1 aromatic carbocycles. The lowest BCUT2D eigenvalue weighted by Crippen LogP contribution is -2.64. The van der Waals surface area contributed by atoms with Crippen LogP contribution < -0.4 is 10.1 Å². The zero-order chi connectivity index (χ0) is 15.6. The van der Waals surface area contributed by atoms with Gasteiger partial charge >= 0.3 is 0 Å². The van der Waals surface area contributed by atoms with Crippen molar-refractivity contribution in [3.05, 3.63) is 29.8 Å². The zero-order valence-corrected chi connectivity index (χ0v) is 13.6. The predicted octanol–water partition coefficient (Wildman–Crippen LogP) is 2.54. The van der Waals surface area contributed by atoms with E-state index < -0.39 is 0 Å². The standard InChI is InChI=1S/C17H26N2O2/c1-12(2)15-10-18-17(3,4)11-19(15)16(20)13-7-6-8-14(9-13)21-5/h6-9,12,15,18H,10-11H2,1-5H3. The van der Waals surface area contributed by atoms with Gasteiger partial charge in [0.2, 0.25) is 0 Å². The van der Waals surface area contributed by atoms with Crippen LogP contribution in [0.2, 0.25) is 0 Å². The first-order chi connectivity index (χ1) is 9.84. The number of rotatable bonds is 3. The lowest BCUT2D eigenvalue weighted by molar-refractivity contribution is 0.0417. The van der Waals surface area contributed by atoms with Crippen LogP contribution in [-0.4, -0.2) is 42.6 Å². The number of nitrogens with one attached hydrogen (secondary N) is 1. The number of carbonyl (C=O) groups excluding carboxylic acids is 1. The number of piperazine rings is 1. The first-order valence-electron chi connectivity index (χ1n) is 7.54. The smallest absolute Gasteiger partial charge is 0.254 e. The van der Waals surface area contributed by atoms with Gasteiger partial charge in [-0.2, -0.15) is 0 Å². The van der Waals surface area contributed by atoms with Crippen LogP contribution in [0, 0.1) is 5.92 Å². The van der Waals surface area contributed by atoms with Gasteiger partial charge in [-0.1, -0.05) is 19.9 Å². The lowest BCUT2D eigenvalue weighted by Gasteiger charge is -2.46. The van der Waals surface area contributed by atoms with E-state index in [9.17, 15) is 4.79 Å². The zero-order valence-electron chi connectivity index (χ0n) is 13.6. The Morgan fingerprint density at radius 2 is 2.14 bits per heavy atom. The van der Waals surface area contributed by atoms with Crippen molar-refractivity contribution in [2.45, 2.75) is 39.3 Å². The second-order valence-corrected chi connectivity index (χ2v) is 6.74. The molecule has 1 aromatic rings. The number of ether oxygens (including phenoxy) is 1. The molecule has 0 spiro atoms. The number of hydrogen-bond donors (Lipinski definition) is 1. The summed E-state index contributed by atoms with van der Waals surface area (Å²) in [4.78, 5) is 14.9. The Balaban J connectivity index is 2.28. The van der Waals surface area contributed by atoms with Gasteiger partial charge in [-0.25, -0.2) is 0 Å². The van der Waals surface area contributed by atoms with Gasteiger partial charge in [-0.3, -0.25) is 4.79 Å². The lowest BCUT2D eigenvalue weighted by atomic mass is 9.92. The Bertz CT molecular complexity index is 511. The van der Waals surface area contributed by atoms with Crippen molar-refractivity contribution in [2.75, 3.05) is 20.2 Å². The minimum Gasteiger partial charge on any atom is -0.497 e. The van der Waals surface area contributed by atoms with Gasteiger partial charge in [0.1, 0.15) is 5.75 Å². The summed E-state index contributed by atoms with van der Waals surface area (Å²) in [5.74, 6) is 1.22. The van der Waals surface area contributed by atoms with Crippen molar-refractivity contribution in [1.29, 1.82) is 0 Å². The van der Waals surface area contributed by atoms with Crippen LogP contribution in [0.1, 0.15) is 38.1 Å². The number of carbonyl (C=O) groups is 1. The molecule has 0 aliphatic carbocycles. The molecule has 1 amide bonds. The van der Waals surface area contributed by atoms with Gasteiger partial charge in [0.25, 0.3) is 5.91 Å². The summed E-state index contributed by atoms with van der Waals surface area (Å²) in [6.07, 6.45) is 0. The molecule has 1 unspecified atom stereocenters. The molecule has 4 nitrogen and oxygen atoms in total. The van der Waals surface area contributed by atoms with Crippen LogP contribution in [-0.2, 0) is 0 Å². The van der Waals surface area contributed by atoms with Crippen LogP contribution in [0.3, 0.4) is 0 Å². The maximum absolute atomic E-state index is 12.9. The molecule has 116 valence electrons. The fourth-order valence-corrected chi connectivity index (χ4v) is 2.83. The summed E-state index contributed by atoms with van der Waals surface area (Å²) in [7, 11) is 1.62. The van der Waals surface area contributed by atoms with Crippen LogP contribution in [0.15, 0.2) is 24.3 Å². The molecule has 1 N–H and O–H groups in total. The van der Waals surface area contributed by atoms with Gasteiger partial charge in [0.05, 0.1) is 7.11 Å². The molecule has 21 heavy (non-hydrogen) atoms. The highest BCUT2D eigenvalue weighted by Crippen LogP contribution is 2.23. The van der Waals surface area contributed by atoms with E-state index in [-0.39, 0.29) is 17.5 Å². The largest absolute Gasteiger partial charge is 0.497 e. The number of nitrogens with zero attached hydrogens (tertiary/aromatic N) is 1. The van der Waals surface area contributed by atoms with Crippen molar-refractivity contribution < 1.29 is 9.53 Å². The van der Waals surface area contributed by atoms with Crippen molar-refractivity contribution in [1.82, 2.24) is 10.2 Å². The molecule has 0 saturated carbocycles. The van der Waals surface area contributed by atoms with E-state index in [1.807, 2.05) is 29.2 Å².